The second-order valence-electron chi connectivity index (χ2n) is 4.61. The third-order valence-electron chi connectivity index (χ3n) is 3.67. The van der Waals surface area contributed by atoms with Crippen LogP contribution in [0.3, 0.4) is 0 Å². The Kier molecular flexibility index (Phi) is 3.82. The minimum absolute atomic E-state index is 0.115. The van der Waals surface area contributed by atoms with Crippen molar-refractivity contribution in [2.75, 3.05) is 13.1 Å². The molecule has 1 saturated heterocycles. The first-order chi connectivity index (χ1) is 8.52. The van der Waals surface area contributed by atoms with E-state index in [1.165, 1.54) is 6.07 Å². The maximum atomic E-state index is 13.9. The van der Waals surface area contributed by atoms with Crippen LogP contribution < -0.4 is 5.32 Å². The predicted octanol–water partition coefficient (Wildman–Crippen LogP) is 3.30. The summed E-state index contributed by atoms with van der Waals surface area (Å²) in [4.78, 5) is 12.5. The van der Waals surface area contributed by atoms with E-state index in [9.17, 15) is 13.6 Å². The molecule has 0 spiro atoms. The molecule has 5 heteroatoms. The number of hydrogen-bond donors (Lipinski definition) is 1. The SMILES string of the molecule is CCC1(C(=O)c2c(F)ccc(Br)c2F)CCNC1. The van der Waals surface area contributed by atoms with E-state index in [1.54, 1.807) is 0 Å². The van der Waals surface area contributed by atoms with Gasteiger partial charge in [0.25, 0.3) is 0 Å². The van der Waals surface area contributed by atoms with Crippen LogP contribution in [-0.2, 0) is 0 Å². The summed E-state index contributed by atoms with van der Waals surface area (Å²) in [5.41, 5.74) is -1.10. The average molecular weight is 318 g/mol. The number of nitrogens with one attached hydrogen (secondary N) is 1. The molecule has 0 aliphatic carbocycles. The van der Waals surface area contributed by atoms with Gasteiger partial charge in [-0.15, -0.1) is 0 Å². The lowest BCUT2D eigenvalue weighted by Gasteiger charge is -2.25. The number of Topliss-reactive ketones (excluding diaryl/α,β-unsaturated/α-hetero) is 1. The average Bonchev–Trinajstić information content (AvgIpc) is 2.84. The molecule has 2 rings (SSSR count). The molecule has 2 nitrogen and oxygen atoms in total. The highest BCUT2D eigenvalue weighted by Crippen LogP contribution is 2.36. The smallest absolute Gasteiger partial charge is 0.176 e. The number of hydrogen-bond acceptors (Lipinski definition) is 2. The third kappa shape index (κ3) is 2.10. The van der Waals surface area contributed by atoms with Crippen molar-refractivity contribution in [1.29, 1.82) is 0 Å². The van der Waals surface area contributed by atoms with Crippen LogP contribution in [0.15, 0.2) is 16.6 Å². The summed E-state index contributed by atoms with van der Waals surface area (Å²) < 4.78 is 27.8. The highest BCUT2D eigenvalue weighted by atomic mass is 79.9. The fraction of sp³-hybridized carbons (Fsp3) is 0.462. The fourth-order valence-corrected chi connectivity index (χ4v) is 2.73. The van der Waals surface area contributed by atoms with Gasteiger partial charge in [0.05, 0.1) is 10.0 Å². The van der Waals surface area contributed by atoms with Crippen LogP contribution in [0.25, 0.3) is 0 Å². The number of carbonyl (C=O) groups excluding carboxylic acids is 1. The normalized spacial score (nSPS) is 23.3. The third-order valence-corrected chi connectivity index (χ3v) is 4.29. The van der Waals surface area contributed by atoms with E-state index < -0.39 is 28.4 Å². The van der Waals surface area contributed by atoms with Crippen LogP contribution in [0, 0.1) is 17.0 Å². The zero-order valence-corrected chi connectivity index (χ0v) is 11.6. The van der Waals surface area contributed by atoms with Gasteiger partial charge in [-0.1, -0.05) is 6.92 Å². The quantitative estimate of drug-likeness (QED) is 0.684. The van der Waals surface area contributed by atoms with Crippen LogP contribution in [0.4, 0.5) is 8.78 Å². The molecule has 1 aliphatic heterocycles. The van der Waals surface area contributed by atoms with Gasteiger partial charge in [0.1, 0.15) is 5.82 Å². The molecule has 1 unspecified atom stereocenters. The Hall–Kier alpha value is -0.810. The van der Waals surface area contributed by atoms with Gasteiger partial charge in [-0.2, -0.15) is 0 Å². The highest BCUT2D eigenvalue weighted by Gasteiger charge is 2.42. The van der Waals surface area contributed by atoms with Crippen molar-refractivity contribution in [3.05, 3.63) is 33.8 Å². The largest absolute Gasteiger partial charge is 0.316 e. The second-order valence-corrected chi connectivity index (χ2v) is 5.46. The Morgan fingerprint density at radius 2 is 2.22 bits per heavy atom. The number of rotatable bonds is 3. The lowest BCUT2D eigenvalue weighted by Crippen LogP contribution is -2.34. The van der Waals surface area contributed by atoms with Crippen molar-refractivity contribution in [2.45, 2.75) is 19.8 Å². The standard InChI is InChI=1S/C13H14BrF2NO/c1-2-13(5-6-17-7-13)12(18)10-9(15)4-3-8(14)11(10)16/h3-4,17H,2,5-7H2,1H3. The van der Waals surface area contributed by atoms with Crippen LogP contribution >= 0.6 is 15.9 Å². The van der Waals surface area contributed by atoms with E-state index >= 15 is 0 Å². The number of ketones is 1. The van der Waals surface area contributed by atoms with Gasteiger partial charge in [0, 0.05) is 12.0 Å². The Balaban J connectivity index is 2.49. The molecule has 1 atom stereocenters. The van der Waals surface area contributed by atoms with Crippen molar-refractivity contribution >= 4 is 21.7 Å². The predicted molar refractivity (Wildman–Crippen MR) is 68.6 cm³/mol. The Labute approximate surface area is 113 Å². The lowest BCUT2D eigenvalue weighted by molar-refractivity contribution is 0.0801. The molecule has 1 aliphatic rings. The number of halogens is 3. The van der Waals surface area contributed by atoms with Crippen LogP contribution in [0.1, 0.15) is 30.1 Å². The summed E-state index contributed by atoms with van der Waals surface area (Å²) in [5, 5.41) is 3.09. The Morgan fingerprint density at radius 1 is 1.50 bits per heavy atom. The van der Waals surface area contributed by atoms with Crippen LogP contribution in [-0.4, -0.2) is 18.9 Å². The van der Waals surface area contributed by atoms with Gasteiger partial charge in [-0.25, -0.2) is 8.78 Å². The topological polar surface area (TPSA) is 29.1 Å². The molecular weight excluding hydrogens is 304 g/mol. The fourth-order valence-electron chi connectivity index (χ4n) is 2.40. The van der Waals surface area contributed by atoms with Gasteiger partial charge < -0.3 is 5.32 Å². The molecule has 0 saturated carbocycles. The van der Waals surface area contributed by atoms with Gasteiger partial charge in [-0.3, -0.25) is 4.79 Å². The molecule has 0 aromatic heterocycles. The van der Waals surface area contributed by atoms with Crippen molar-refractivity contribution in [2.24, 2.45) is 5.41 Å². The van der Waals surface area contributed by atoms with Crippen molar-refractivity contribution in [3.63, 3.8) is 0 Å². The Bertz CT molecular complexity index is 484. The van der Waals surface area contributed by atoms with Crippen molar-refractivity contribution in [1.82, 2.24) is 5.32 Å². The molecule has 0 radical (unpaired) electrons. The maximum Gasteiger partial charge on any atom is 0.176 e. The summed E-state index contributed by atoms with van der Waals surface area (Å²) in [7, 11) is 0. The number of carbonyl (C=O) groups is 1. The van der Waals surface area contributed by atoms with Gasteiger partial charge >= 0.3 is 0 Å². The molecular formula is C13H14BrF2NO. The van der Waals surface area contributed by atoms with Crippen LogP contribution in [0.5, 0.6) is 0 Å². The second kappa shape index (κ2) is 5.05. The molecule has 0 amide bonds. The van der Waals surface area contributed by atoms with Gasteiger partial charge in [0.15, 0.2) is 11.6 Å². The zero-order valence-electron chi connectivity index (χ0n) is 10.0. The minimum Gasteiger partial charge on any atom is -0.316 e. The van der Waals surface area contributed by atoms with Crippen molar-refractivity contribution < 1.29 is 13.6 Å². The molecule has 1 fully saturated rings. The minimum atomic E-state index is -0.806. The van der Waals surface area contributed by atoms with E-state index in [0.717, 1.165) is 6.07 Å². The molecule has 1 aromatic carbocycles. The van der Waals surface area contributed by atoms with E-state index in [2.05, 4.69) is 21.2 Å². The monoisotopic (exact) mass is 317 g/mol. The molecule has 1 heterocycles. The van der Waals surface area contributed by atoms with E-state index in [4.69, 9.17) is 0 Å². The molecule has 98 valence electrons. The first-order valence-electron chi connectivity index (χ1n) is 5.91. The summed E-state index contributed by atoms with van der Waals surface area (Å²) in [6.07, 6.45) is 1.19. The molecule has 1 N–H and O–H groups in total. The lowest BCUT2D eigenvalue weighted by atomic mass is 9.77. The van der Waals surface area contributed by atoms with E-state index in [0.29, 0.717) is 25.9 Å². The summed E-state index contributed by atoms with van der Waals surface area (Å²) in [5.74, 6) is -2.04. The van der Waals surface area contributed by atoms with Gasteiger partial charge in [-0.05, 0) is 47.4 Å². The molecule has 18 heavy (non-hydrogen) atoms. The number of benzene rings is 1. The van der Waals surface area contributed by atoms with Crippen LogP contribution in [0.2, 0.25) is 0 Å². The highest BCUT2D eigenvalue weighted by molar-refractivity contribution is 9.10. The maximum absolute atomic E-state index is 13.9. The molecule has 1 aromatic rings. The first-order valence-corrected chi connectivity index (χ1v) is 6.70. The summed E-state index contributed by atoms with van der Waals surface area (Å²) >= 11 is 2.99. The summed E-state index contributed by atoms with van der Waals surface area (Å²) in [6.45, 7) is 3.06. The van der Waals surface area contributed by atoms with E-state index in [1.807, 2.05) is 6.92 Å². The van der Waals surface area contributed by atoms with E-state index in [-0.39, 0.29) is 4.47 Å². The first kappa shape index (κ1) is 13.6. The zero-order chi connectivity index (χ0) is 13.3. The van der Waals surface area contributed by atoms with Crippen molar-refractivity contribution in [3.8, 4) is 0 Å². The molecule has 0 bridgehead atoms. The summed E-state index contributed by atoms with van der Waals surface area (Å²) in [6, 6.07) is 2.39. The Morgan fingerprint density at radius 3 is 2.78 bits per heavy atom. The van der Waals surface area contributed by atoms with Gasteiger partial charge in [0.2, 0.25) is 0 Å².